The number of hydrogen-bond acceptors (Lipinski definition) is 18. The normalized spacial score (nSPS) is 23.9. The maximum Gasteiger partial charge on any atom is 0.229 e. The Morgan fingerprint density at radius 1 is 0.218 bits per heavy atom. The Hall–Kier alpha value is -2.78. The summed E-state index contributed by atoms with van der Waals surface area (Å²) in [5.74, 6) is 5.73. The zero-order valence-electron chi connectivity index (χ0n) is 77.1. The van der Waals surface area contributed by atoms with Crippen molar-refractivity contribution in [1.82, 2.24) is 81.4 Å². The molecule has 110 heavy (non-hydrogen) atoms. The summed E-state index contributed by atoms with van der Waals surface area (Å²) in [6.07, 6.45) is 33.4. The van der Waals surface area contributed by atoms with Gasteiger partial charge in [0.15, 0.2) is 0 Å². The van der Waals surface area contributed by atoms with Crippen molar-refractivity contribution in [2.45, 2.75) is 489 Å². The van der Waals surface area contributed by atoms with E-state index in [1.807, 2.05) is 0 Å². The number of hydrogen-bond donors (Lipinski definition) is 6. The molecular formula is C92H176N18. The van der Waals surface area contributed by atoms with Crippen LogP contribution in [-0.2, 0) is 25.7 Å². The average Bonchev–Trinajstić information content (AvgIpc) is 0.846. The Labute approximate surface area is 677 Å². The highest BCUT2D eigenvalue weighted by molar-refractivity contribution is 5.35. The maximum atomic E-state index is 5.64. The topological polar surface area (TPSA) is 169 Å². The van der Waals surface area contributed by atoms with E-state index < -0.39 is 0 Å². The van der Waals surface area contributed by atoms with Crippen molar-refractivity contribution < 1.29 is 0 Å². The molecule has 0 saturated carbocycles. The van der Waals surface area contributed by atoms with Gasteiger partial charge in [-0.2, -0.15) is 19.9 Å². The Kier molecular flexibility index (Phi) is 32.3. The molecule has 0 aromatic carbocycles. The van der Waals surface area contributed by atoms with E-state index in [9.17, 15) is 0 Å². The van der Waals surface area contributed by atoms with Gasteiger partial charge in [-0.15, -0.1) is 0 Å². The Balaban J connectivity index is 1.00. The van der Waals surface area contributed by atoms with Crippen molar-refractivity contribution in [3.05, 3.63) is 23.3 Å². The van der Waals surface area contributed by atoms with Gasteiger partial charge in [0.2, 0.25) is 11.9 Å². The predicted octanol–water partition coefficient (Wildman–Crippen LogP) is 17.1. The number of rotatable bonds is 41. The maximum absolute atomic E-state index is 5.64. The van der Waals surface area contributed by atoms with Gasteiger partial charge in [-0.25, -0.2) is 9.97 Å². The molecule has 0 aliphatic carbocycles. The molecule has 0 spiro atoms. The van der Waals surface area contributed by atoms with E-state index in [0.717, 1.165) is 229 Å². The average molecular weight is 1530 g/mol. The highest BCUT2D eigenvalue weighted by Gasteiger charge is 2.47. The zero-order chi connectivity index (χ0) is 81.2. The molecule has 0 bridgehead atoms. The van der Waals surface area contributed by atoms with Gasteiger partial charge in [-0.05, 0) is 308 Å². The lowest BCUT2D eigenvalue weighted by Gasteiger charge is -2.50. The Morgan fingerprint density at radius 3 is 0.591 bits per heavy atom. The smallest absolute Gasteiger partial charge is 0.229 e. The molecule has 0 amide bonds. The van der Waals surface area contributed by atoms with Crippen molar-refractivity contribution in [3.63, 3.8) is 0 Å². The molecule has 634 valence electrons. The van der Waals surface area contributed by atoms with Gasteiger partial charge in [0, 0.05) is 168 Å². The third-order valence-corrected chi connectivity index (χ3v) is 25.6. The van der Waals surface area contributed by atoms with Crippen molar-refractivity contribution in [3.8, 4) is 0 Å². The first-order valence-electron chi connectivity index (χ1n) is 45.7. The van der Waals surface area contributed by atoms with E-state index in [0.29, 0.717) is 36.3 Å². The van der Waals surface area contributed by atoms with E-state index >= 15 is 0 Å². The van der Waals surface area contributed by atoms with E-state index in [-0.39, 0.29) is 66.5 Å². The largest absolute Gasteiger partial charge is 0.338 e. The Morgan fingerprint density at radius 2 is 0.391 bits per heavy atom. The molecule has 6 aliphatic heterocycles. The molecule has 6 fully saturated rings. The molecular weight excluding hydrogens is 1360 g/mol. The van der Waals surface area contributed by atoms with Crippen LogP contribution in [0.2, 0.25) is 0 Å². The van der Waals surface area contributed by atoms with Crippen LogP contribution in [0.1, 0.15) is 384 Å². The fourth-order valence-corrected chi connectivity index (χ4v) is 23.2. The van der Waals surface area contributed by atoms with Gasteiger partial charge in [0.25, 0.3) is 0 Å². The second-order valence-corrected chi connectivity index (χ2v) is 44.7. The third-order valence-electron chi connectivity index (χ3n) is 25.6. The first-order chi connectivity index (χ1) is 51.0. The van der Waals surface area contributed by atoms with Crippen LogP contribution in [0, 0.1) is 0 Å². The lowest BCUT2D eigenvalue weighted by Crippen LogP contribution is -2.62. The van der Waals surface area contributed by atoms with Crippen LogP contribution in [0.25, 0.3) is 0 Å². The van der Waals surface area contributed by atoms with Gasteiger partial charge in [-0.3, -0.25) is 19.6 Å². The van der Waals surface area contributed by atoms with Crippen LogP contribution >= 0.6 is 0 Å². The first kappa shape index (κ1) is 92.7. The first-order valence-corrected chi connectivity index (χ1v) is 45.7. The highest BCUT2D eigenvalue weighted by atomic mass is 15.3. The van der Waals surface area contributed by atoms with Gasteiger partial charge >= 0.3 is 0 Å². The van der Waals surface area contributed by atoms with Gasteiger partial charge in [0.1, 0.15) is 23.3 Å². The fourth-order valence-electron chi connectivity index (χ4n) is 23.2. The monoisotopic (exact) mass is 1530 g/mol. The fraction of sp³-hybridized carbons (Fsp3) is 0.935. The van der Waals surface area contributed by atoms with Gasteiger partial charge in [0.05, 0.1) is 0 Å². The van der Waals surface area contributed by atoms with Crippen LogP contribution in [-0.4, -0.2) is 218 Å². The molecule has 2 aromatic rings. The minimum atomic E-state index is 0.000470. The number of nitrogens with zero attached hydrogens (tertiary/aromatic N) is 12. The molecule has 18 heteroatoms. The van der Waals surface area contributed by atoms with E-state index in [4.69, 9.17) is 29.9 Å². The predicted molar refractivity (Wildman–Crippen MR) is 469 cm³/mol. The standard InChI is InChI=1S/C92H176N18/c1-29-33-47-105(69-57-81(5,6)99-82(7,8)58-69)53-43-75-93-77(97-79(95-75)109(51-35-31-3)73-65-89(21,22)103-90(23,24)66-73)45-55-107(71-61-85(13,14)101-86(15,16)62-71)49-41-39-37-38-40-42-50-108(72-63-87(17,18)102-88(19,20)64-72)56-46-78-94-76(44-54-106(48-34-30-2)70-59-83(9,10)100-84(11,12)60-70)96-80(98-78)110(52-36-32-4)74-67-91(25,26)104-92(27,28)68-74/h69-74,99-104H,29-68H2,1-28H3. The molecule has 0 radical (unpaired) electrons. The van der Waals surface area contributed by atoms with E-state index in [1.54, 1.807) is 0 Å². The second-order valence-electron chi connectivity index (χ2n) is 44.7. The molecule has 6 N–H and O–H groups in total. The number of aromatic nitrogens is 6. The highest BCUT2D eigenvalue weighted by Crippen LogP contribution is 2.40. The second kappa shape index (κ2) is 38.3. The summed E-state index contributed by atoms with van der Waals surface area (Å²) in [6, 6.07) is 2.63. The van der Waals surface area contributed by atoms with E-state index in [1.165, 1.54) is 64.2 Å². The lowest BCUT2D eigenvalue weighted by molar-refractivity contribution is 0.0640. The summed E-state index contributed by atoms with van der Waals surface area (Å²) in [7, 11) is 0. The van der Waals surface area contributed by atoms with Crippen LogP contribution in [0.15, 0.2) is 0 Å². The van der Waals surface area contributed by atoms with Crippen LogP contribution in [0.5, 0.6) is 0 Å². The van der Waals surface area contributed by atoms with Crippen molar-refractivity contribution >= 4 is 11.9 Å². The third kappa shape index (κ3) is 29.7. The van der Waals surface area contributed by atoms with Crippen LogP contribution < -0.4 is 41.7 Å². The summed E-state index contributed by atoms with van der Waals surface area (Å²) in [6.45, 7) is 77.4. The number of anilines is 2. The number of nitrogens with one attached hydrogen (secondary N) is 6. The SMILES string of the molecule is CCCCN(CCc1nc(CCN(CCCCCCCCN(CCc2nc(CCN(CCCC)C3CC(C)(C)NC(C)(C)C3)nc(N(CCCC)C3CC(C)(C)NC(C)(C)C3)n2)C2CC(C)(C)NC(C)(C)C2)C2CC(C)(C)NC(C)(C)C2)nc(N(CCCC)C2CC(C)(C)NC(C)(C)C2)n1)C1CC(C)(C)NC(C)(C)C1. The lowest BCUT2D eigenvalue weighted by atomic mass is 9.79. The van der Waals surface area contributed by atoms with Gasteiger partial charge in [-0.1, -0.05) is 79.1 Å². The van der Waals surface area contributed by atoms with Crippen molar-refractivity contribution in [1.29, 1.82) is 0 Å². The summed E-state index contributed by atoms with van der Waals surface area (Å²) in [4.78, 5) is 50.3. The van der Waals surface area contributed by atoms with Gasteiger partial charge < -0.3 is 41.7 Å². The van der Waals surface area contributed by atoms with Crippen LogP contribution in [0.3, 0.4) is 0 Å². The zero-order valence-corrected chi connectivity index (χ0v) is 77.1. The molecule has 6 aliphatic rings. The number of piperidine rings is 6. The minimum Gasteiger partial charge on any atom is -0.338 e. The summed E-state index contributed by atoms with van der Waals surface area (Å²) >= 11 is 0. The van der Waals surface area contributed by atoms with Crippen LogP contribution in [0.4, 0.5) is 11.9 Å². The molecule has 2 aromatic heterocycles. The molecule has 0 unspecified atom stereocenters. The molecule has 18 nitrogen and oxygen atoms in total. The van der Waals surface area contributed by atoms with E-state index in [2.05, 4.69) is 255 Å². The minimum absolute atomic E-state index is 0.000470. The van der Waals surface area contributed by atoms with Crippen molar-refractivity contribution in [2.24, 2.45) is 0 Å². The Bertz CT molecular complexity index is 2810. The molecule has 8 heterocycles. The quantitative estimate of drug-likeness (QED) is 0.0347. The summed E-state index contributed by atoms with van der Waals surface area (Å²) < 4.78 is 0. The summed E-state index contributed by atoms with van der Waals surface area (Å²) in [5, 5.41) is 24.1. The molecule has 8 rings (SSSR count). The number of unbranched alkanes of at least 4 members (excludes halogenated alkanes) is 9. The molecule has 6 saturated heterocycles. The summed E-state index contributed by atoms with van der Waals surface area (Å²) in [5.41, 5.74) is 0.467. The molecule has 0 atom stereocenters. The van der Waals surface area contributed by atoms with Crippen molar-refractivity contribution in [2.75, 3.05) is 75.2 Å².